The van der Waals surface area contributed by atoms with Crippen LogP contribution in [0.1, 0.15) is 87.0 Å². The quantitative estimate of drug-likeness (QED) is 0.223. The van der Waals surface area contributed by atoms with Gasteiger partial charge in [-0.05, 0) is 62.6 Å². The minimum Gasteiger partial charge on any atom is -0.368 e. The first kappa shape index (κ1) is 25.6. The number of hydrogen-bond donors (Lipinski definition) is 0. The van der Waals surface area contributed by atoms with E-state index < -0.39 is 11.4 Å². The molecule has 0 bridgehead atoms. The number of carbonyl (C=O) groups excluding carboxylic acids is 1. The molecule has 0 spiro atoms. The van der Waals surface area contributed by atoms with Crippen molar-refractivity contribution in [1.29, 1.82) is 0 Å². The summed E-state index contributed by atoms with van der Waals surface area (Å²) in [5, 5.41) is 13.4. The molecule has 1 saturated heterocycles. The molecular weight excluding hydrogens is 492 g/mol. The molecule has 2 saturated carbocycles. The molecule has 2 aliphatic carbocycles. The predicted molar refractivity (Wildman–Crippen MR) is 148 cm³/mol. The van der Waals surface area contributed by atoms with Crippen LogP contribution in [-0.2, 0) is 9.53 Å². The Labute approximate surface area is 222 Å². The van der Waals surface area contributed by atoms with Crippen molar-refractivity contribution in [3.63, 3.8) is 0 Å². The van der Waals surface area contributed by atoms with Crippen LogP contribution in [0.25, 0.3) is 10.8 Å². The van der Waals surface area contributed by atoms with Gasteiger partial charge in [-0.1, -0.05) is 80.2 Å². The number of benzene rings is 2. The smallest absolute Gasteiger partial charge is 0.283 e. The van der Waals surface area contributed by atoms with Crippen LogP contribution < -0.4 is 0 Å². The topological polar surface area (TPSA) is 72.7 Å². The Balaban J connectivity index is 1.61. The highest BCUT2D eigenvalue weighted by Gasteiger charge is 2.48. The molecule has 0 N–H and O–H groups in total. The van der Waals surface area contributed by atoms with Gasteiger partial charge >= 0.3 is 0 Å². The SMILES string of the molecule is Cc1ccc2c(C)cc(C(OC3CCCCC3)C3SC(=S)N(C4CCCCC4)C3=O)c([N+](=O)[O-])c2c1. The highest BCUT2D eigenvalue weighted by Crippen LogP contribution is 2.46. The van der Waals surface area contributed by atoms with Gasteiger partial charge in [0, 0.05) is 6.04 Å². The van der Waals surface area contributed by atoms with Gasteiger partial charge in [0.1, 0.15) is 15.7 Å². The summed E-state index contributed by atoms with van der Waals surface area (Å²) in [6, 6.07) is 7.81. The van der Waals surface area contributed by atoms with Gasteiger partial charge in [0.05, 0.1) is 22.0 Å². The Morgan fingerprint density at radius 3 is 2.36 bits per heavy atom. The fourth-order valence-electron chi connectivity index (χ4n) is 6.17. The first-order chi connectivity index (χ1) is 17.3. The number of rotatable bonds is 6. The molecule has 8 heteroatoms. The highest BCUT2D eigenvalue weighted by molar-refractivity contribution is 8.24. The molecule has 2 unspecified atom stereocenters. The van der Waals surface area contributed by atoms with Gasteiger partial charge in [-0.15, -0.1) is 0 Å². The minimum atomic E-state index is -0.721. The lowest BCUT2D eigenvalue weighted by atomic mass is 9.91. The molecule has 1 heterocycles. The summed E-state index contributed by atoms with van der Waals surface area (Å²) >= 11 is 7.09. The number of thioether (sulfide) groups is 1. The summed E-state index contributed by atoms with van der Waals surface area (Å²) in [4.78, 5) is 28.0. The van der Waals surface area contributed by atoms with Crippen LogP contribution in [0.4, 0.5) is 5.69 Å². The van der Waals surface area contributed by atoms with Gasteiger partial charge in [0.2, 0.25) is 5.91 Å². The normalized spacial score (nSPS) is 22.9. The van der Waals surface area contributed by atoms with Gasteiger partial charge in [0.15, 0.2) is 0 Å². The van der Waals surface area contributed by atoms with Crippen molar-refractivity contribution in [2.24, 2.45) is 0 Å². The Bertz CT molecular complexity index is 1190. The third-order valence-corrected chi connectivity index (χ3v) is 9.59. The second-order valence-corrected chi connectivity index (χ2v) is 12.3. The summed E-state index contributed by atoms with van der Waals surface area (Å²) in [7, 11) is 0. The number of hydrogen-bond acceptors (Lipinski definition) is 6. The molecule has 0 aromatic heterocycles. The number of aryl methyl sites for hydroxylation is 2. The number of thiocarbonyl (C=S) groups is 1. The van der Waals surface area contributed by atoms with Crippen LogP contribution in [-0.4, -0.2) is 37.4 Å². The molecular formula is C28H34N2O4S2. The van der Waals surface area contributed by atoms with E-state index in [-0.39, 0.29) is 28.7 Å². The average molecular weight is 527 g/mol. The van der Waals surface area contributed by atoms with Crippen LogP contribution in [0.5, 0.6) is 0 Å². The average Bonchev–Trinajstić information content (AvgIpc) is 3.16. The van der Waals surface area contributed by atoms with Crippen molar-refractivity contribution in [1.82, 2.24) is 4.90 Å². The maximum atomic E-state index is 13.9. The summed E-state index contributed by atoms with van der Waals surface area (Å²) in [6.07, 6.45) is 9.74. The van der Waals surface area contributed by atoms with Crippen LogP contribution in [0.3, 0.4) is 0 Å². The molecule has 1 aliphatic heterocycles. The lowest BCUT2D eigenvalue weighted by Gasteiger charge is -2.32. The van der Waals surface area contributed by atoms with Gasteiger partial charge in [0.25, 0.3) is 5.69 Å². The summed E-state index contributed by atoms with van der Waals surface area (Å²) in [5.41, 5.74) is 2.46. The van der Waals surface area contributed by atoms with E-state index in [1.54, 1.807) is 0 Å². The van der Waals surface area contributed by atoms with Crippen molar-refractivity contribution >= 4 is 50.7 Å². The summed E-state index contributed by atoms with van der Waals surface area (Å²) < 4.78 is 7.30. The van der Waals surface area contributed by atoms with Gasteiger partial charge in [-0.2, -0.15) is 0 Å². The number of nitrogens with zero attached hydrogens (tertiary/aromatic N) is 2. The van der Waals surface area contributed by atoms with Crippen molar-refractivity contribution in [2.45, 2.75) is 102 Å². The predicted octanol–water partition coefficient (Wildman–Crippen LogP) is 7.32. The van der Waals surface area contributed by atoms with Crippen LogP contribution in [0.15, 0.2) is 24.3 Å². The van der Waals surface area contributed by atoms with E-state index in [2.05, 4.69) is 0 Å². The monoisotopic (exact) mass is 526 g/mol. The summed E-state index contributed by atoms with van der Waals surface area (Å²) in [5.74, 6) is -0.0472. The number of carbonyl (C=O) groups is 1. The first-order valence-electron chi connectivity index (χ1n) is 13.2. The zero-order valence-electron chi connectivity index (χ0n) is 21.0. The van der Waals surface area contributed by atoms with Crippen molar-refractivity contribution in [2.75, 3.05) is 0 Å². The Morgan fingerprint density at radius 2 is 1.69 bits per heavy atom. The van der Waals surface area contributed by atoms with E-state index in [0.29, 0.717) is 15.3 Å². The lowest BCUT2D eigenvalue weighted by Crippen LogP contribution is -2.43. The third-order valence-electron chi connectivity index (χ3n) is 8.00. The standard InChI is InChI=1S/C28H34N2O4S2/c1-17-13-14-21-18(2)16-23(24(30(32)33)22(21)15-17)25(34-20-11-7-4-8-12-20)26-27(31)29(28(35)36-26)19-9-5-3-6-10-19/h13-16,19-20,25-26H,3-12H2,1-2H3. The van der Waals surface area contributed by atoms with Gasteiger partial charge in [-0.3, -0.25) is 19.8 Å². The molecule has 36 heavy (non-hydrogen) atoms. The molecule has 2 atom stereocenters. The molecule has 3 fully saturated rings. The van der Waals surface area contributed by atoms with Crippen molar-refractivity contribution in [3.8, 4) is 0 Å². The molecule has 192 valence electrons. The minimum absolute atomic E-state index is 0.0115. The largest absolute Gasteiger partial charge is 0.368 e. The second-order valence-electron chi connectivity index (χ2n) is 10.6. The number of amides is 1. The Kier molecular flexibility index (Phi) is 7.65. The Morgan fingerprint density at radius 1 is 1.03 bits per heavy atom. The van der Waals surface area contributed by atoms with Crippen LogP contribution >= 0.6 is 24.0 Å². The third kappa shape index (κ3) is 4.92. The van der Waals surface area contributed by atoms with Crippen LogP contribution in [0, 0.1) is 24.0 Å². The van der Waals surface area contributed by atoms with E-state index in [1.165, 1.54) is 24.6 Å². The number of nitro groups is 1. The molecule has 2 aromatic carbocycles. The fourth-order valence-corrected chi connectivity index (χ4v) is 7.84. The van der Waals surface area contributed by atoms with E-state index in [9.17, 15) is 14.9 Å². The van der Waals surface area contributed by atoms with Crippen molar-refractivity contribution < 1.29 is 14.5 Å². The Hall–Kier alpha value is -2.03. The van der Waals surface area contributed by atoms with E-state index >= 15 is 0 Å². The van der Waals surface area contributed by atoms with E-state index in [0.717, 1.165) is 67.9 Å². The number of nitro benzene ring substituents is 1. The van der Waals surface area contributed by atoms with Gasteiger partial charge < -0.3 is 4.74 Å². The first-order valence-corrected chi connectivity index (χ1v) is 14.5. The maximum Gasteiger partial charge on any atom is 0.283 e. The molecule has 5 rings (SSSR count). The highest BCUT2D eigenvalue weighted by atomic mass is 32.2. The van der Waals surface area contributed by atoms with Crippen molar-refractivity contribution in [3.05, 3.63) is 51.1 Å². The summed E-state index contributed by atoms with van der Waals surface area (Å²) in [6.45, 7) is 3.92. The lowest BCUT2D eigenvalue weighted by molar-refractivity contribution is -0.384. The molecule has 1 amide bonds. The van der Waals surface area contributed by atoms with E-state index in [1.807, 2.05) is 43.0 Å². The van der Waals surface area contributed by atoms with E-state index in [4.69, 9.17) is 17.0 Å². The van der Waals surface area contributed by atoms with Gasteiger partial charge in [-0.25, -0.2) is 0 Å². The maximum absolute atomic E-state index is 13.9. The molecule has 0 radical (unpaired) electrons. The fraction of sp³-hybridized carbons (Fsp3) is 0.571. The zero-order chi connectivity index (χ0) is 25.4. The second kappa shape index (κ2) is 10.8. The number of fused-ring (bicyclic) bond motifs is 1. The molecule has 3 aliphatic rings. The molecule has 2 aromatic rings. The van der Waals surface area contributed by atoms with Crippen LogP contribution in [0.2, 0.25) is 0 Å². The number of ether oxygens (including phenoxy) is 1. The zero-order valence-corrected chi connectivity index (χ0v) is 22.7. The molecule has 6 nitrogen and oxygen atoms in total.